The molecule has 0 bridgehead atoms. The molecule has 2 aromatic carbocycles. The van der Waals surface area contributed by atoms with Gasteiger partial charge in [0.25, 0.3) is 0 Å². The van der Waals surface area contributed by atoms with Crippen molar-refractivity contribution >= 4 is 0 Å². The average Bonchev–Trinajstić information content (AvgIpc) is 2.86. The summed E-state index contributed by atoms with van der Waals surface area (Å²) in [6.45, 7) is 2.62. The van der Waals surface area contributed by atoms with Crippen LogP contribution in [-0.4, -0.2) is 12.6 Å². The Bertz CT molecular complexity index is 644. The van der Waals surface area contributed by atoms with Crippen molar-refractivity contribution in [1.29, 1.82) is 0 Å². The number of hydrogen-bond donors (Lipinski definition) is 1. The lowest BCUT2D eigenvalue weighted by Gasteiger charge is -2.17. The third-order valence-corrected chi connectivity index (χ3v) is 3.76. The molecule has 3 rings (SSSR count). The summed E-state index contributed by atoms with van der Waals surface area (Å²) in [6, 6.07) is 11.2. The van der Waals surface area contributed by atoms with Crippen molar-refractivity contribution in [3.8, 4) is 5.75 Å². The van der Waals surface area contributed by atoms with E-state index in [-0.39, 0.29) is 23.8 Å². The van der Waals surface area contributed by atoms with Gasteiger partial charge in [-0.1, -0.05) is 12.1 Å². The highest BCUT2D eigenvalue weighted by Crippen LogP contribution is 2.29. The summed E-state index contributed by atoms with van der Waals surface area (Å²) in [6.07, 6.45) is 0.675. The lowest BCUT2D eigenvalue weighted by atomic mass is 10.1. The number of halogens is 2. The lowest BCUT2D eigenvalue weighted by molar-refractivity contribution is 0.222. The smallest absolute Gasteiger partial charge is 0.123 e. The van der Waals surface area contributed by atoms with Gasteiger partial charge in [-0.2, -0.15) is 0 Å². The zero-order valence-corrected chi connectivity index (χ0v) is 11.8. The minimum atomic E-state index is -0.237. The fraction of sp³-hybridized carbons (Fsp3) is 0.294. The summed E-state index contributed by atoms with van der Waals surface area (Å²) < 4.78 is 32.1. The molecule has 1 heterocycles. The molecule has 1 aliphatic rings. The SMILES string of the molecule is C[C@@H](NCC1Cc2cc(F)ccc2O1)c1cccc(F)c1. The van der Waals surface area contributed by atoms with E-state index in [9.17, 15) is 8.78 Å². The van der Waals surface area contributed by atoms with Gasteiger partial charge in [0, 0.05) is 24.6 Å². The number of ether oxygens (including phenoxy) is 1. The molecule has 0 amide bonds. The van der Waals surface area contributed by atoms with Crippen molar-refractivity contribution in [3.63, 3.8) is 0 Å². The zero-order valence-electron chi connectivity index (χ0n) is 11.8. The van der Waals surface area contributed by atoms with E-state index < -0.39 is 0 Å². The lowest BCUT2D eigenvalue weighted by Crippen LogP contribution is -2.31. The van der Waals surface area contributed by atoms with Gasteiger partial charge in [-0.15, -0.1) is 0 Å². The van der Waals surface area contributed by atoms with Crippen molar-refractivity contribution < 1.29 is 13.5 Å². The van der Waals surface area contributed by atoms with Crippen molar-refractivity contribution in [3.05, 3.63) is 65.2 Å². The second-order valence-corrected chi connectivity index (χ2v) is 5.38. The zero-order chi connectivity index (χ0) is 14.8. The molecule has 1 N–H and O–H groups in total. The summed E-state index contributed by atoms with van der Waals surface area (Å²) in [5, 5.41) is 3.33. The number of benzene rings is 2. The maximum atomic E-state index is 13.2. The van der Waals surface area contributed by atoms with Crippen LogP contribution in [0.15, 0.2) is 42.5 Å². The maximum Gasteiger partial charge on any atom is 0.123 e. The molecule has 2 nitrogen and oxygen atoms in total. The highest BCUT2D eigenvalue weighted by Gasteiger charge is 2.23. The predicted octanol–water partition coefficient (Wildman–Crippen LogP) is 3.62. The molecule has 0 aliphatic carbocycles. The number of nitrogens with one attached hydrogen (secondary N) is 1. The van der Waals surface area contributed by atoms with E-state index in [4.69, 9.17) is 4.74 Å². The van der Waals surface area contributed by atoms with Crippen molar-refractivity contribution in [2.75, 3.05) is 6.54 Å². The Morgan fingerprint density at radius 2 is 2.00 bits per heavy atom. The van der Waals surface area contributed by atoms with E-state index in [1.807, 2.05) is 13.0 Å². The Hall–Kier alpha value is -1.94. The second kappa shape index (κ2) is 5.82. The summed E-state index contributed by atoms with van der Waals surface area (Å²) in [4.78, 5) is 0. The largest absolute Gasteiger partial charge is 0.488 e. The Labute approximate surface area is 122 Å². The molecule has 0 radical (unpaired) electrons. The highest BCUT2D eigenvalue weighted by molar-refractivity contribution is 5.38. The molecule has 2 atom stereocenters. The fourth-order valence-corrected chi connectivity index (χ4v) is 2.60. The number of fused-ring (bicyclic) bond motifs is 1. The van der Waals surface area contributed by atoms with Crippen molar-refractivity contribution in [2.45, 2.75) is 25.5 Å². The van der Waals surface area contributed by atoms with Gasteiger partial charge in [-0.3, -0.25) is 0 Å². The van der Waals surface area contributed by atoms with Crippen LogP contribution in [-0.2, 0) is 6.42 Å². The van der Waals surface area contributed by atoms with Crippen LogP contribution in [0.3, 0.4) is 0 Å². The van der Waals surface area contributed by atoms with Crippen molar-refractivity contribution in [2.24, 2.45) is 0 Å². The van der Waals surface area contributed by atoms with E-state index in [1.54, 1.807) is 12.1 Å². The maximum absolute atomic E-state index is 13.2. The Morgan fingerprint density at radius 1 is 1.19 bits per heavy atom. The van der Waals surface area contributed by atoms with E-state index in [2.05, 4.69) is 5.32 Å². The Balaban J connectivity index is 1.57. The summed E-state index contributed by atoms with van der Waals surface area (Å²) in [5.41, 5.74) is 1.80. The Kier molecular flexibility index (Phi) is 3.88. The molecule has 21 heavy (non-hydrogen) atoms. The van der Waals surface area contributed by atoms with Gasteiger partial charge in [0.05, 0.1) is 0 Å². The minimum Gasteiger partial charge on any atom is -0.488 e. The highest BCUT2D eigenvalue weighted by atomic mass is 19.1. The van der Waals surface area contributed by atoms with Crippen LogP contribution in [0, 0.1) is 11.6 Å². The third kappa shape index (κ3) is 3.22. The van der Waals surface area contributed by atoms with E-state index in [0.29, 0.717) is 13.0 Å². The van der Waals surface area contributed by atoms with Gasteiger partial charge in [0.1, 0.15) is 23.5 Å². The quantitative estimate of drug-likeness (QED) is 0.928. The van der Waals surface area contributed by atoms with Crippen LogP contribution in [0.5, 0.6) is 5.75 Å². The molecule has 110 valence electrons. The molecule has 0 saturated heterocycles. The first kappa shape index (κ1) is 14.0. The number of hydrogen-bond acceptors (Lipinski definition) is 2. The molecule has 0 spiro atoms. The standard InChI is InChI=1S/C17H17F2NO/c1-11(12-3-2-4-14(18)7-12)20-10-16-9-13-8-15(19)5-6-17(13)21-16/h2-8,11,16,20H,9-10H2,1H3/t11-,16?/m1/s1. The molecular formula is C17H17F2NO. The fourth-order valence-electron chi connectivity index (χ4n) is 2.60. The first-order valence-electron chi connectivity index (χ1n) is 7.06. The normalized spacial score (nSPS) is 18.1. The summed E-state index contributed by atoms with van der Waals surface area (Å²) >= 11 is 0. The van der Waals surface area contributed by atoms with Crippen molar-refractivity contribution in [1.82, 2.24) is 5.32 Å². The van der Waals surface area contributed by atoms with Crippen LogP contribution in [0.4, 0.5) is 8.78 Å². The third-order valence-electron chi connectivity index (χ3n) is 3.76. The molecule has 4 heteroatoms. The van der Waals surface area contributed by atoms with Crippen LogP contribution in [0.2, 0.25) is 0 Å². The van der Waals surface area contributed by atoms with E-state index in [0.717, 1.165) is 16.9 Å². The van der Waals surface area contributed by atoms with Crippen LogP contribution in [0.25, 0.3) is 0 Å². The molecule has 0 fully saturated rings. The summed E-state index contributed by atoms with van der Waals surface area (Å²) in [7, 11) is 0. The average molecular weight is 289 g/mol. The van der Waals surface area contributed by atoms with Gasteiger partial charge in [0.2, 0.25) is 0 Å². The summed E-state index contributed by atoms with van der Waals surface area (Å²) in [5.74, 6) is 0.279. The van der Waals surface area contributed by atoms with Gasteiger partial charge >= 0.3 is 0 Å². The van der Waals surface area contributed by atoms with E-state index >= 15 is 0 Å². The van der Waals surface area contributed by atoms with Gasteiger partial charge in [-0.05, 0) is 42.8 Å². The molecule has 1 unspecified atom stereocenters. The first-order valence-corrected chi connectivity index (χ1v) is 7.06. The van der Waals surface area contributed by atoms with Crippen LogP contribution in [0.1, 0.15) is 24.1 Å². The second-order valence-electron chi connectivity index (χ2n) is 5.38. The number of rotatable bonds is 4. The van der Waals surface area contributed by atoms with Gasteiger partial charge in [0.15, 0.2) is 0 Å². The monoisotopic (exact) mass is 289 g/mol. The van der Waals surface area contributed by atoms with Gasteiger partial charge < -0.3 is 10.1 Å². The Morgan fingerprint density at radius 3 is 2.81 bits per heavy atom. The topological polar surface area (TPSA) is 21.3 Å². The molecular weight excluding hydrogens is 272 g/mol. The van der Waals surface area contributed by atoms with Gasteiger partial charge in [-0.25, -0.2) is 8.78 Å². The first-order chi connectivity index (χ1) is 10.1. The molecule has 1 aliphatic heterocycles. The minimum absolute atomic E-state index is 0.0159. The molecule has 0 saturated carbocycles. The predicted molar refractivity (Wildman–Crippen MR) is 77.3 cm³/mol. The van der Waals surface area contributed by atoms with Crippen LogP contribution < -0.4 is 10.1 Å². The van der Waals surface area contributed by atoms with Crippen LogP contribution >= 0.6 is 0 Å². The molecule has 2 aromatic rings. The van der Waals surface area contributed by atoms with E-state index in [1.165, 1.54) is 24.3 Å². The molecule has 0 aromatic heterocycles.